The molecule has 0 unspecified atom stereocenters. The largest absolute Gasteiger partial charge is 0.312 e. The first-order chi connectivity index (χ1) is 12.4. The average molecular weight is 373 g/mol. The van der Waals surface area contributed by atoms with Gasteiger partial charge in [0.2, 0.25) is 15.9 Å². The van der Waals surface area contributed by atoms with E-state index < -0.39 is 10.0 Å². The zero-order chi connectivity index (χ0) is 18.7. The number of amides is 1. The van der Waals surface area contributed by atoms with Crippen LogP contribution < -0.4 is 9.62 Å². The number of carbonyl (C=O) groups excluding carboxylic acids is 1. The second-order valence-corrected chi connectivity index (χ2v) is 8.20. The zero-order valence-electron chi connectivity index (χ0n) is 15.0. The molecule has 0 spiro atoms. The standard InChI is InChI=1S/C19H23N3O3S/c1-3-19(23)22-11-9-15-13-17(7-8-18(15)22)26(24,25)21-14(2)12-16-6-4-5-10-20-16/h4-8,10,13-14,21H,3,9,11-12H2,1-2H3/t14-/m1/s1. The van der Waals surface area contributed by atoms with Crippen LogP contribution in [0.3, 0.4) is 0 Å². The molecule has 0 saturated heterocycles. The summed E-state index contributed by atoms with van der Waals surface area (Å²) >= 11 is 0. The monoisotopic (exact) mass is 373 g/mol. The molecule has 138 valence electrons. The fourth-order valence-electron chi connectivity index (χ4n) is 3.20. The quantitative estimate of drug-likeness (QED) is 0.843. The van der Waals surface area contributed by atoms with E-state index in [0.29, 0.717) is 25.8 Å². The molecule has 6 nitrogen and oxygen atoms in total. The molecule has 1 atom stereocenters. The fourth-order valence-corrected chi connectivity index (χ4v) is 4.50. The Balaban J connectivity index is 1.75. The first-order valence-electron chi connectivity index (χ1n) is 8.76. The minimum atomic E-state index is -3.63. The van der Waals surface area contributed by atoms with Gasteiger partial charge >= 0.3 is 0 Å². The van der Waals surface area contributed by atoms with Crippen LogP contribution in [0.2, 0.25) is 0 Å². The third-order valence-electron chi connectivity index (χ3n) is 4.46. The van der Waals surface area contributed by atoms with Crippen molar-refractivity contribution in [3.8, 4) is 0 Å². The Morgan fingerprint density at radius 1 is 1.31 bits per heavy atom. The molecule has 1 aliphatic rings. The molecular formula is C19H23N3O3S. The number of pyridine rings is 1. The Kier molecular flexibility index (Phi) is 5.38. The summed E-state index contributed by atoms with van der Waals surface area (Å²) in [7, 11) is -3.63. The predicted octanol–water partition coefficient (Wildman–Crippen LogP) is 2.29. The van der Waals surface area contributed by atoms with E-state index in [2.05, 4.69) is 9.71 Å². The molecule has 1 aromatic heterocycles. The maximum absolute atomic E-state index is 12.7. The lowest BCUT2D eigenvalue weighted by Gasteiger charge is -2.17. The molecule has 0 radical (unpaired) electrons. The van der Waals surface area contributed by atoms with Crippen LogP contribution in [0.15, 0.2) is 47.5 Å². The van der Waals surface area contributed by atoms with E-state index in [9.17, 15) is 13.2 Å². The second kappa shape index (κ2) is 7.55. The fraction of sp³-hybridized carbons (Fsp3) is 0.368. The maximum Gasteiger partial charge on any atom is 0.240 e. The van der Waals surface area contributed by atoms with Crippen molar-refractivity contribution in [2.45, 2.75) is 44.0 Å². The van der Waals surface area contributed by atoms with Gasteiger partial charge in [-0.05, 0) is 49.2 Å². The van der Waals surface area contributed by atoms with Crippen LogP contribution in [0.1, 0.15) is 31.5 Å². The van der Waals surface area contributed by atoms with E-state index in [1.807, 2.05) is 32.0 Å². The Bertz CT molecular complexity index is 898. The summed E-state index contributed by atoms with van der Waals surface area (Å²) in [5.74, 6) is 0.0569. The van der Waals surface area contributed by atoms with Crippen LogP contribution in [-0.2, 0) is 27.7 Å². The van der Waals surface area contributed by atoms with Crippen molar-refractivity contribution >= 4 is 21.6 Å². The van der Waals surface area contributed by atoms with Crippen molar-refractivity contribution in [1.82, 2.24) is 9.71 Å². The average Bonchev–Trinajstić information content (AvgIpc) is 3.04. The molecular weight excluding hydrogens is 350 g/mol. The van der Waals surface area contributed by atoms with E-state index >= 15 is 0 Å². The highest BCUT2D eigenvalue weighted by atomic mass is 32.2. The number of nitrogens with zero attached hydrogens (tertiary/aromatic N) is 2. The minimum absolute atomic E-state index is 0.0569. The lowest BCUT2D eigenvalue weighted by Crippen LogP contribution is -2.34. The molecule has 0 fully saturated rings. The highest BCUT2D eigenvalue weighted by Crippen LogP contribution is 2.30. The van der Waals surface area contributed by atoms with Gasteiger partial charge in [-0.15, -0.1) is 0 Å². The third kappa shape index (κ3) is 3.94. The Morgan fingerprint density at radius 2 is 2.12 bits per heavy atom. The van der Waals surface area contributed by atoms with Gasteiger partial charge in [0.1, 0.15) is 0 Å². The molecule has 7 heteroatoms. The van der Waals surface area contributed by atoms with Gasteiger partial charge in [0.25, 0.3) is 0 Å². The smallest absolute Gasteiger partial charge is 0.240 e. The predicted molar refractivity (Wildman–Crippen MR) is 101 cm³/mol. The SMILES string of the molecule is CCC(=O)N1CCc2cc(S(=O)(=O)N[C@H](C)Cc3ccccn3)ccc21. The number of hydrogen-bond acceptors (Lipinski definition) is 4. The molecule has 0 aliphatic carbocycles. The van der Waals surface area contributed by atoms with Crippen LogP contribution in [-0.4, -0.2) is 31.9 Å². The highest BCUT2D eigenvalue weighted by Gasteiger charge is 2.26. The molecule has 2 heterocycles. The first kappa shape index (κ1) is 18.5. The molecule has 1 amide bonds. The molecule has 0 bridgehead atoms. The lowest BCUT2D eigenvalue weighted by molar-refractivity contribution is -0.118. The van der Waals surface area contributed by atoms with E-state index in [1.54, 1.807) is 29.3 Å². The highest BCUT2D eigenvalue weighted by molar-refractivity contribution is 7.89. The van der Waals surface area contributed by atoms with Gasteiger partial charge < -0.3 is 4.90 Å². The Morgan fingerprint density at radius 3 is 2.81 bits per heavy atom. The van der Waals surface area contributed by atoms with Gasteiger partial charge in [0.05, 0.1) is 4.90 Å². The number of aromatic nitrogens is 1. The summed E-state index contributed by atoms with van der Waals surface area (Å²) in [5.41, 5.74) is 2.55. The van der Waals surface area contributed by atoms with Crippen LogP contribution in [0, 0.1) is 0 Å². The summed E-state index contributed by atoms with van der Waals surface area (Å²) in [4.78, 5) is 18.2. The van der Waals surface area contributed by atoms with E-state index in [4.69, 9.17) is 0 Å². The van der Waals surface area contributed by atoms with E-state index in [-0.39, 0.29) is 16.8 Å². The number of carbonyl (C=O) groups is 1. The summed E-state index contributed by atoms with van der Waals surface area (Å²) in [6.45, 7) is 4.25. The molecule has 1 aliphatic heterocycles. The summed E-state index contributed by atoms with van der Waals surface area (Å²) in [5, 5.41) is 0. The Labute approximate surface area is 154 Å². The molecule has 3 rings (SSSR count). The van der Waals surface area contributed by atoms with Crippen LogP contribution >= 0.6 is 0 Å². The van der Waals surface area contributed by atoms with Crippen molar-refractivity contribution in [2.24, 2.45) is 0 Å². The van der Waals surface area contributed by atoms with Gasteiger partial charge in [-0.25, -0.2) is 13.1 Å². The third-order valence-corrected chi connectivity index (χ3v) is 6.05. The number of benzene rings is 1. The summed E-state index contributed by atoms with van der Waals surface area (Å²) in [6, 6.07) is 10.3. The van der Waals surface area contributed by atoms with Crippen LogP contribution in [0.25, 0.3) is 0 Å². The number of anilines is 1. The Hall–Kier alpha value is -2.25. The molecule has 2 aromatic rings. The van der Waals surface area contributed by atoms with E-state index in [1.165, 1.54) is 0 Å². The van der Waals surface area contributed by atoms with Crippen LogP contribution in [0.4, 0.5) is 5.69 Å². The van der Waals surface area contributed by atoms with E-state index in [0.717, 1.165) is 16.9 Å². The van der Waals surface area contributed by atoms with Crippen molar-refractivity contribution in [2.75, 3.05) is 11.4 Å². The van der Waals surface area contributed by atoms with Gasteiger partial charge in [-0.1, -0.05) is 13.0 Å². The minimum Gasteiger partial charge on any atom is -0.312 e. The van der Waals surface area contributed by atoms with Gasteiger partial charge in [0, 0.05) is 43.0 Å². The number of nitrogens with one attached hydrogen (secondary N) is 1. The first-order valence-corrected chi connectivity index (χ1v) is 10.2. The normalized spacial score (nSPS) is 14.9. The zero-order valence-corrected chi connectivity index (χ0v) is 15.8. The summed E-state index contributed by atoms with van der Waals surface area (Å²) < 4.78 is 28.1. The maximum atomic E-state index is 12.7. The van der Waals surface area contributed by atoms with Crippen molar-refractivity contribution in [3.05, 3.63) is 53.9 Å². The van der Waals surface area contributed by atoms with Crippen LogP contribution in [0.5, 0.6) is 0 Å². The number of fused-ring (bicyclic) bond motifs is 1. The number of hydrogen-bond donors (Lipinski definition) is 1. The molecule has 1 N–H and O–H groups in total. The summed E-state index contributed by atoms with van der Waals surface area (Å²) in [6.07, 6.45) is 3.32. The molecule has 26 heavy (non-hydrogen) atoms. The topological polar surface area (TPSA) is 79.4 Å². The molecule has 1 aromatic carbocycles. The lowest BCUT2D eigenvalue weighted by atomic mass is 10.2. The molecule has 0 saturated carbocycles. The van der Waals surface area contributed by atoms with Gasteiger partial charge in [-0.3, -0.25) is 9.78 Å². The van der Waals surface area contributed by atoms with Crippen molar-refractivity contribution in [1.29, 1.82) is 0 Å². The number of sulfonamides is 1. The van der Waals surface area contributed by atoms with Crippen molar-refractivity contribution in [3.63, 3.8) is 0 Å². The number of rotatable bonds is 6. The van der Waals surface area contributed by atoms with Gasteiger partial charge in [-0.2, -0.15) is 0 Å². The van der Waals surface area contributed by atoms with Crippen molar-refractivity contribution < 1.29 is 13.2 Å². The van der Waals surface area contributed by atoms with Gasteiger partial charge in [0.15, 0.2) is 0 Å². The second-order valence-electron chi connectivity index (χ2n) is 6.49.